The molecular formula is C36H28F4N6O6. The minimum atomic E-state index is -1.23. The molecule has 1 aliphatic rings. The Kier molecular flexibility index (Phi) is 8.96. The van der Waals surface area contributed by atoms with Crippen molar-refractivity contribution < 1.29 is 36.9 Å². The normalized spacial score (nSPS) is 14.2. The fourth-order valence-electron chi connectivity index (χ4n) is 6.36. The zero-order chi connectivity index (χ0) is 36.7. The monoisotopic (exact) mass is 716 g/mol. The van der Waals surface area contributed by atoms with E-state index in [9.17, 15) is 37.1 Å². The lowest BCUT2D eigenvalue weighted by molar-refractivity contribution is 0.116. The van der Waals surface area contributed by atoms with Crippen molar-refractivity contribution in [1.82, 2.24) is 28.6 Å². The van der Waals surface area contributed by atoms with E-state index in [0.29, 0.717) is 47.1 Å². The standard InChI is InChI=1S/C36H28F4N6O6/c1-43-30-3-2-8-46(36(49)50)35(45-10-7-24(15-33(45)48)52-19-29-27(40)12-21(38)17-42-29)34(30)25-5-4-22(13-31(25)43)44-9-6-23(14-32(44)47)51-18-28-26(39)11-20(37)16-41-28/h4-7,9-17,35H,2-3,8,18-19H2,1H3,(H,49,50). The minimum Gasteiger partial charge on any atom is -0.487 e. The third-order valence-electron chi connectivity index (χ3n) is 8.83. The summed E-state index contributed by atoms with van der Waals surface area (Å²) in [7, 11) is 1.82. The van der Waals surface area contributed by atoms with Gasteiger partial charge in [-0.1, -0.05) is 6.07 Å². The second-order valence-corrected chi connectivity index (χ2v) is 12.0. The van der Waals surface area contributed by atoms with Gasteiger partial charge in [0.1, 0.15) is 53.9 Å². The summed E-state index contributed by atoms with van der Waals surface area (Å²) < 4.78 is 70.1. The number of aromatic nitrogens is 5. The number of amides is 1. The van der Waals surface area contributed by atoms with Crippen LogP contribution < -0.4 is 20.6 Å². The van der Waals surface area contributed by atoms with E-state index in [-0.39, 0.29) is 42.6 Å². The number of carbonyl (C=O) groups is 1. The molecule has 52 heavy (non-hydrogen) atoms. The highest BCUT2D eigenvalue weighted by molar-refractivity contribution is 5.88. The van der Waals surface area contributed by atoms with Crippen LogP contribution in [0.25, 0.3) is 16.6 Å². The van der Waals surface area contributed by atoms with Crippen LogP contribution in [0.3, 0.4) is 0 Å². The SMILES string of the molecule is Cn1c2c(c3ccc(-n4ccc(OCc5ncc(F)cc5F)cc4=O)cc31)C(n1ccc(OCc3ncc(F)cc3F)cc1=O)N(C(=O)O)CCC2. The smallest absolute Gasteiger partial charge is 0.409 e. The number of pyridine rings is 4. The summed E-state index contributed by atoms with van der Waals surface area (Å²) in [4.78, 5) is 47.9. The van der Waals surface area contributed by atoms with E-state index in [1.807, 2.05) is 11.6 Å². The Morgan fingerprint density at radius 2 is 1.46 bits per heavy atom. The number of aryl methyl sites for hydroxylation is 1. The summed E-state index contributed by atoms with van der Waals surface area (Å²) in [5.41, 5.74) is 1.22. The molecule has 0 fully saturated rings. The first kappa shape index (κ1) is 34.0. The lowest BCUT2D eigenvalue weighted by atomic mass is 10.1. The largest absolute Gasteiger partial charge is 0.487 e. The van der Waals surface area contributed by atoms with E-state index in [2.05, 4.69) is 9.97 Å². The molecule has 0 spiro atoms. The molecule has 1 amide bonds. The van der Waals surface area contributed by atoms with E-state index >= 15 is 0 Å². The molecule has 6 aromatic rings. The van der Waals surface area contributed by atoms with Gasteiger partial charge in [0.2, 0.25) is 0 Å². The van der Waals surface area contributed by atoms with Crippen LogP contribution in [-0.2, 0) is 26.7 Å². The minimum absolute atomic E-state index is 0.0752. The van der Waals surface area contributed by atoms with Crippen molar-refractivity contribution in [3.05, 3.63) is 146 Å². The molecule has 16 heteroatoms. The van der Waals surface area contributed by atoms with Gasteiger partial charge in [-0.15, -0.1) is 0 Å². The number of halogens is 4. The Hall–Kier alpha value is -6.45. The predicted octanol–water partition coefficient (Wildman–Crippen LogP) is 5.47. The Labute approximate surface area is 291 Å². The van der Waals surface area contributed by atoms with Crippen LogP contribution in [0.2, 0.25) is 0 Å². The molecule has 1 atom stereocenters. The zero-order valence-corrected chi connectivity index (χ0v) is 27.3. The van der Waals surface area contributed by atoms with Gasteiger partial charge in [-0.25, -0.2) is 22.4 Å². The molecule has 5 aromatic heterocycles. The first-order chi connectivity index (χ1) is 25.0. The first-order valence-electron chi connectivity index (χ1n) is 15.9. The van der Waals surface area contributed by atoms with Gasteiger partial charge in [0.05, 0.1) is 23.6 Å². The third-order valence-corrected chi connectivity index (χ3v) is 8.83. The number of benzene rings is 1. The van der Waals surface area contributed by atoms with E-state index in [4.69, 9.17) is 9.47 Å². The number of ether oxygens (including phenoxy) is 2. The molecule has 0 aliphatic carbocycles. The number of hydrogen-bond acceptors (Lipinski definition) is 7. The fourth-order valence-corrected chi connectivity index (χ4v) is 6.36. The van der Waals surface area contributed by atoms with Crippen LogP contribution in [0.15, 0.2) is 89.0 Å². The molecule has 7 rings (SSSR count). The number of nitrogens with zero attached hydrogens (tertiary/aromatic N) is 6. The van der Waals surface area contributed by atoms with Gasteiger partial charge < -0.3 is 19.1 Å². The molecular weight excluding hydrogens is 688 g/mol. The average molecular weight is 717 g/mol. The molecule has 1 aromatic carbocycles. The molecule has 12 nitrogen and oxygen atoms in total. The summed E-state index contributed by atoms with van der Waals surface area (Å²) in [6.45, 7) is -0.554. The van der Waals surface area contributed by atoms with E-state index in [0.717, 1.165) is 24.2 Å². The van der Waals surface area contributed by atoms with Gasteiger partial charge >= 0.3 is 6.09 Å². The summed E-state index contributed by atoms with van der Waals surface area (Å²) >= 11 is 0. The van der Waals surface area contributed by atoms with Gasteiger partial charge in [0.25, 0.3) is 11.1 Å². The molecule has 0 saturated heterocycles. The van der Waals surface area contributed by atoms with Crippen molar-refractivity contribution in [1.29, 1.82) is 0 Å². The Morgan fingerprint density at radius 1 is 0.846 bits per heavy atom. The zero-order valence-electron chi connectivity index (χ0n) is 27.3. The van der Waals surface area contributed by atoms with Crippen molar-refractivity contribution in [2.24, 2.45) is 7.05 Å². The number of rotatable bonds is 8. The summed E-state index contributed by atoms with van der Waals surface area (Å²) in [5.74, 6) is -3.22. The van der Waals surface area contributed by atoms with Crippen LogP contribution in [-0.4, -0.2) is 46.3 Å². The molecule has 6 heterocycles. The molecule has 0 saturated carbocycles. The highest BCUT2D eigenvalue weighted by Gasteiger charge is 2.35. The van der Waals surface area contributed by atoms with Crippen LogP contribution in [0.1, 0.15) is 35.2 Å². The van der Waals surface area contributed by atoms with Gasteiger partial charge in [-0.3, -0.25) is 33.6 Å². The van der Waals surface area contributed by atoms with Gasteiger partial charge in [0.15, 0.2) is 11.6 Å². The molecule has 1 aliphatic heterocycles. The second kappa shape index (κ2) is 13.7. The van der Waals surface area contributed by atoms with E-state index in [1.165, 1.54) is 44.6 Å². The topological polar surface area (TPSA) is 134 Å². The first-order valence-corrected chi connectivity index (χ1v) is 15.9. The maximum absolute atomic E-state index is 14.1. The van der Waals surface area contributed by atoms with Gasteiger partial charge in [-0.05, 0) is 37.1 Å². The highest BCUT2D eigenvalue weighted by atomic mass is 19.1. The molecule has 0 bridgehead atoms. The number of hydrogen-bond donors (Lipinski definition) is 1. The number of carboxylic acid groups (broad SMARTS) is 1. The predicted molar refractivity (Wildman–Crippen MR) is 177 cm³/mol. The number of fused-ring (bicyclic) bond motifs is 3. The van der Waals surface area contributed by atoms with Gasteiger partial charge in [0, 0.05) is 66.9 Å². The van der Waals surface area contributed by atoms with E-state index < -0.39 is 46.6 Å². The maximum atomic E-state index is 14.1. The van der Waals surface area contributed by atoms with Crippen LogP contribution in [0.4, 0.5) is 22.4 Å². The Bertz CT molecular complexity index is 2480. The van der Waals surface area contributed by atoms with E-state index in [1.54, 1.807) is 18.2 Å². The lowest BCUT2D eigenvalue weighted by Gasteiger charge is -2.30. The van der Waals surface area contributed by atoms with Crippen LogP contribution in [0, 0.1) is 23.3 Å². The van der Waals surface area contributed by atoms with Crippen molar-refractivity contribution in [3.63, 3.8) is 0 Å². The summed E-state index contributed by atoms with van der Waals surface area (Å²) in [5, 5.41) is 11.0. The molecule has 1 unspecified atom stereocenters. The van der Waals surface area contributed by atoms with Crippen LogP contribution in [0.5, 0.6) is 11.5 Å². The Morgan fingerprint density at radius 3 is 2.04 bits per heavy atom. The molecule has 1 N–H and O–H groups in total. The van der Waals surface area contributed by atoms with Crippen molar-refractivity contribution in [3.8, 4) is 17.2 Å². The average Bonchev–Trinajstić information content (AvgIpc) is 3.23. The summed E-state index contributed by atoms with van der Waals surface area (Å²) in [6, 6.07) is 11.9. The fraction of sp³-hybridized carbons (Fsp3) is 0.194. The Balaban J connectivity index is 1.21. The van der Waals surface area contributed by atoms with Crippen molar-refractivity contribution in [2.45, 2.75) is 32.2 Å². The highest BCUT2D eigenvalue weighted by Crippen LogP contribution is 2.38. The summed E-state index contributed by atoms with van der Waals surface area (Å²) in [6.07, 6.45) is 3.27. The lowest BCUT2D eigenvalue weighted by Crippen LogP contribution is -2.41. The third kappa shape index (κ3) is 6.45. The molecule has 0 radical (unpaired) electrons. The quantitative estimate of drug-likeness (QED) is 0.205. The maximum Gasteiger partial charge on any atom is 0.409 e. The second-order valence-electron chi connectivity index (χ2n) is 12.0. The van der Waals surface area contributed by atoms with Gasteiger partial charge in [-0.2, -0.15) is 0 Å². The van der Waals surface area contributed by atoms with Crippen molar-refractivity contribution >= 4 is 17.0 Å². The molecule has 266 valence electrons. The van der Waals surface area contributed by atoms with Crippen LogP contribution >= 0.6 is 0 Å². The van der Waals surface area contributed by atoms with Crippen molar-refractivity contribution in [2.75, 3.05) is 6.54 Å².